The molecular weight excluding hydrogens is 481 g/mol. The molecule has 0 spiro atoms. The standard InChI is InChI=1S/C21H29N5O2.HI/c1-4-22-21(24-14-19-25-15(2)16(3)28-19)23-12-7-10-20(27)26-13-11-17-8-5-6-9-18(17)26;/h5-6,8-9H,4,7,10-14H2,1-3H3,(H2,22,23,24);1H. The molecule has 0 atom stereocenters. The van der Waals surface area contributed by atoms with E-state index in [0.717, 1.165) is 43.1 Å². The largest absolute Gasteiger partial charge is 0.444 e. The highest BCUT2D eigenvalue weighted by Crippen LogP contribution is 2.27. The highest BCUT2D eigenvalue weighted by Gasteiger charge is 2.23. The Labute approximate surface area is 189 Å². The van der Waals surface area contributed by atoms with E-state index in [1.807, 2.05) is 43.9 Å². The van der Waals surface area contributed by atoms with Crippen molar-refractivity contribution >= 4 is 41.5 Å². The number of benzene rings is 1. The number of carbonyl (C=O) groups is 1. The predicted molar refractivity (Wildman–Crippen MR) is 126 cm³/mol. The minimum atomic E-state index is 0. The number of nitrogens with zero attached hydrogens (tertiary/aromatic N) is 3. The number of halogens is 1. The minimum absolute atomic E-state index is 0. The van der Waals surface area contributed by atoms with Crippen molar-refractivity contribution in [1.82, 2.24) is 15.6 Å². The van der Waals surface area contributed by atoms with Gasteiger partial charge in [-0.1, -0.05) is 18.2 Å². The third-order valence-electron chi connectivity index (χ3n) is 4.84. The van der Waals surface area contributed by atoms with Crippen LogP contribution in [-0.4, -0.2) is 36.5 Å². The second-order valence-corrected chi connectivity index (χ2v) is 6.90. The van der Waals surface area contributed by atoms with Gasteiger partial charge in [-0.3, -0.25) is 4.79 Å². The zero-order chi connectivity index (χ0) is 19.9. The van der Waals surface area contributed by atoms with Crippen LogP contribution in [0.1, 0.15) is 42.7 Å². The Hall–Kier alpha value is -2.10. The highest BCUT2D eigenvalue weighted by atomic mass is 127. The monoisotopic (exact) mass is 511 g/mol. The van der Waals surface area contributed by atoms with E-state index in [-0.39, 0.29) is 29.9 Å². The smallest absolute Gasteiger partial charge is 0.227 e. The Morgan fingerprint density at radius 1 is 1.28 bits per heavy atom. The molecule has 2 N–H and O–H groups in total. The van der Waals surface area contributed by atoms with Crippen molar-refractivity contribution in [1.29, 1.82) is 0 Å². The molecule has 0 bridgehead atoms. The lowest BCUT2D eigenvalue weighted by Gasteiger charge is -2.17. The van der Waals surface area contributed by atoms with Crippen molar-refractivity contribution in [2.24, 2.45) is 4.99 Å². The molecule has 1 aromatic carbocycles. The van der Waals surface area contributed by atoms with E-state index in [1.54, 1.807) is 0 Å². The summed E-state index contributed by atoms with van der Waals surface area (Å²) in [5.74, 6) is 2.31. The van der Waals surface area contributed by atoms with Gasteiger partial charge in [0.25, 0.3) is 0 Å². The van der Waals surface area contributed by atoms with Crippen LogP contribution in [0, 0.1) is 13.8 Å². The molecule has 158 valence electrons. The van der Waals surface area contributed by atoms with Crippen molar-refractivity contribution in [3.8, 4) is 0 Å². The van der Waals surface area contributed by atoms with Gasteiger partial charge in [0.2, 0.25) is 11.8 Å². The molecule has 1 aliphatic heterocycles. The molecule has 1 aromatic heterocycles. The molecule has 29 heavy (non-hydrogen) atoms. The molecule has 0 fully saturated rings. The first-order valence-corrected chi connectivity index (χ1v) is 9.92. The number of para-hydroxylation sites is 1. The second-order valence-electron chi connectivity index (χ2n) is 6.90. The van der Waals surface area contributed by atoms with Crippen LogP contribution in [0.3, 0.4) is 0 Å². The van der Waals surface area contributed by atoms with Crippen LogP contribution in [0.15, 0.2) is 33.7 Å². The van der Waals surface area contributed by atoms with Crippen LogP contribution in [-0.2, 0) is 17.8 Å². The van der Waals surface area contributed by atoms with E-state index in [4.69, 9.17) is 4.42 Å². The average Bonchev–Trinajstić information content (AvgIpc) is 3.26. The number of rotatable bonds is 7. The van der Waals surface area contributed by atoms with Gasteiger partial charge in [0.15, 0.2) is 5.96 Å². The Bertz CT molecular complexity index is 830. The third-order valence-corrected chi connectivity index (χ3v) is 4.84. The number of aromatic nitrogens is 1. The Morgan fingerprint density at radius 2 is 2.07 bits per heavy atom. The number of amides is 1. The molecule has 0 radical (unpaired) electrons. The number of fused-ring (bicyclic) bond motifs is 1. The molecule has 8 heteroatoms. The fourth-order valence-electron chi connectivity index (χ4n) is 3.27. The number of hydrogen-bond acceptors (Lipinski definition) is 4. The van der Waals surface area contributed by atoms with Crippen molar-refractivity contribution < 1.29 is 9.21 Å². The van der Waals surface area contributed by atoms with Gasteiger partial charge < -0.3 is 20.0 Å². The fourth-order valence-corrected chi connectivity index (χ4v) is 3.27. The first kappa shape index (κ1) is 23.2. The molecule has 3 rings (SSSR count). The van der Waals surface area contributed by atoms with E-state index >= 15 is 0 Å². The van der Waals surface area contributed by atoms with Crippen LogP contribution in [0.4, 0.5) is 5.69 Å². The molecule has 0 unspecified atom stereocenters. The molecule has 2 aromatic rings. The number of guanidine groups is 1. The van der Waals surface area contributed by atoms with Crippen LogP contribution in [0.2, 0.25) is 0 Å². The summed E-state index contributed by atoms with van der Waals surface area (Å²) >= 11 is 0. The summed E-state index contributed by atoms with van der Waals surface area (Å²) in [5, 5.41) is 6.48. The first-order valence-electron chi connectivity index (χ1n) is 9.92. The zero-order valence-corrected chi connectivity index (χ0v) is 19.7. The molecular formula is C21H30IN5O2. The summed E-state index contributed by atoms with van der Waals surface area (Å²) in [6, 6.07) is 8.14. The van der Waals surface area contributed by atoms with Gasteiger partial charge in [-0.2, -0.15) is 0 Å². The second kappa shape index (κ2) is 11.2. The van der Waals surface area contributed by atoms with E-state index in [0.29, 0.717) is 31.4 Å². The van der Waals surface area contributed by atoms with Crippen LogP contribution >= 0.6 is 24.0 Å². The van der Waals surface area contributed by atoms with Gasteiger partial charge in [-0.25, -0.2) is 9.98 Å². The lowest BCUT2D eigenvalue weighted by molar-refractivity contribution is -0.118. The Morgan fingerprint density at radius 3 is 2.79 bits per heavy atom. The van der Waals surface area contributed by atoms with E-state index in [1.165, 1.54) is 5.56 Å². The molecule has 7 nitrogen and oxygen atoms in total. The van der Waals surface area contributed by atoms with Crippen molar-refractivity contribution in [2.75, 3.05) is 24.5 Å². The lowest BCUT2D eigenvalue weighted by Crippen LogP contribution is -2.38. The normalized spacial score (nSPS) is 13.1. The van der Waals surface area contributed by atoms with Gasteiger partial charge >= 0.3 is 0 Å². The molecule has 0 aliphatic carbocycles. The van der Waals surface area contributed by atoms with Crippen LogP contribution in [0.25, 0.3) is 0 Å². The van der Waals surface area contributed by atoms with Crippen molar-refractivity contribution in [3.63, 3.8) is 0 Å². The average molecular weight is 511 g/mol. The van der Waals surface area contributed by atoms with Gasteiger partial charge in [0.1, 0.15) is 12.3 Å². The summed E-state index contributed by atoms with van der Waals surface area (Å²) in [7, 11) is 0. The SMILES string of the molecule is CCNC(=NCc1nc(C)c(C)o1)NCCCC(=O)N1CCc2ccccc21.I. The number of aryl methyl sites for hydroxylation is 2. The lowest BCUT2D eigenvalue weighted by atomic mass is 10.2. The number of carbonyl (C=O) groups excluding carboxylic acids is 1. The molecule has 2 heterocycles. The predicted octanol–water partition coefficient (Wildman–Crippen LogP) is 3.33. The Kier molecular flexibility index (Phi) is 8.94. The number of oxazole rings is 1. The maximum Gasteiger partial charge on any atom is 0.227 e. The number of nitrogens with one attached hydrogen (secondary N) is 2. The zero-order valence-electron chi connectivity index (χ0n) is 17.3. The van der Waals surface area contributed by atoms with Gasteiger partial charge in [0, 0.05) is 31.7 Å². The number of anilines is 1. The molecule has 0 saturated heterocycles. The topological polar surface area (TPSA) is 82.8 Å². The van der Waals surface area contributed by atoms with Crippen molar-refractivity contribution in [2.45, 2.75) is 46.6 Å². The summed E-state index contributed by atoms with van der Waals surface area (Å²) in [6.07, 6.45) is 2.20. The molecule has 0 saturated carbocycles. The van der Waals surface area contributed by atoms with Crippen LogP contribution in [0.5, 0.6) is 0 Å². The van der Waals surface area contributed by atoms with Gasteiger partial charge in [-0.15, -0.1) is 24.0 Å². The quantitative estimate of drug-likeness (QED) is 0.258. The van der Waals surface area contributed by atoms with Gasteiger partial charge in [0.05, 0.1) is 5.69 Å². The molecule has 1 aliphatic rings. The minimum Gasteiger partial charge on any atom is -0.444 e. The van der Waals surface area contributed by atoms with Gasteiger partial charge in [-0.05, 0) is 45.2 Å². The maximum atomic E-state index is 12.6. The summed E-state index contributed by atoms with van der Waals surface area (Å²) in [4.78, 5) is 23.3. The number of hydrogen-bond donors (Lipinski definition) is 2. The third kappa shape index (κ3) is 6.19. The maximum absolute atomic E-state index is 12.6. The van der Waals surface area contributed by atoms with E-state index in [2.05, 4.69) is 26.7 Å². The van der Waals surface area contributed by atoms with E-state index in [9.17, 15) is 4.79 Å². The summed E-state index contributed by atoms with van der Waals surface area (Å²) in [5.41, 5.74) is 3.21. The highest BCUT2D eigenvalue weighted by molar-refractivity contribution is 14.0. The fraction of sp³-hybridized carbons (Fsp3) is 0.476. The first-order chi connectivity index (χ1) is 13.6. The molecule has 1 amide bonds. The Balaban J connectivity index is 0.00000300. The number of aliphatic imine (C=N–C) groups is 1. The summed E-state index contributed by atoms with van der Waals surface area (Å²) in [6.45, 7) is 8.44. The summed E-state index contributed by atoms with van der Waals surface area (Å²) < 4.78 is 5.56. The van der Waals surface area contributed by atoms with Crippen molar-refractivity contribution in [3.05, 3.63) is 47.2 Å². The van der Waals surface area contributed by atoms with E-state index < -0.39 is 0 Å². The van der Waals surface area contributed by atoms with Crippen LogP contribution < -0.4 is 15.5 Å².